The van der Waals surface area contributed by atoms with E-state index in [0.29, 0.717) is 31.4 Å². The minimum Gasteiger partial charge on any atom is -0.443 e. The van der Waals surface area contributed by atoms with Crippen LogP contribution in [0.1, 0.15) is 65.5 Å². The molecule has 284 valence electrons. The highest BCUT2D eigenvalue weighted by molar-refractivity contribution is 9.09. The minimum atomic E-state index is -0.678. The third-order valence-corrected chi connectivity index (χ3v) is 7.88. The lowest BCUT2D eigenvalue weighted by molar-refractivity contribution is -0.125. The molecule has 2 aromatic carbocycles. The van der Waals surface area contributed by atoms with E-state index in [9.17, 15) is 19.2 Å². The number of halogens is 1. The molecule has 4 rings (SSSR count). The number of alkyl halides is 1. The lowest BCUT2D eigenvalue weighted by Crippen LogP contribution is -2.55. The maximum absolute atomic E-state index is 12.0. The molecule has 0 radical (unpaired) electrons. The van der Waals surface area contributed by atoms with Crippen LogP contribution in [0.2, 0.25) is 0 Å². The highest BCUT2D eigenvalue weighted by Gasteiger charge is 2.30. The van der Waals surface area contributed by atoms with E-state index in [0.717, 1.165) is 43.8 Å². The first-order chi connectivity index (χ1) is 24.1. The van der Waals surface area contributed by atoms with Gasteiger partial charge in [0.1, 0.15) is 11.2 Å². The Morgan fingerprint density at radius 1 is 0.824 bits per heavy atom. The van der Waals surface area contributed by atoms with Gasteiger partial charge in [0.25, 0.3) is 0 Å². The van der Waals surface area contributed by atoms with Crippen LogP contribution in [0.4, 0.5) is 9.59 Å². The van der Waals surface area contributed by atoms with Crippen LogP contribution in [0, 0.1) is 0 Å². The molecular formula is C38H59BrN6O6. The standard InChI is InChI=1S/C14H21N3O.C13H24BrNO4.C11H14N2O/c15-7-4-8-17-10-13(16-14(18)11-17)9-12-5-2-1-3-6-12;1-12(2,3)18-10(16)15(9-7-8-14)11(17)19-13(4,5)6;14-11-8-12-7-10(13-11)6-9-4-2-1-3-5-9/h1-3,5-6,13H,4,7-11,15H2,(H,16,18);7-9H2,1-6H3;1-5,10,12H,6-8H2,(H,13,14)/t13-;;10-/m0.0/s1. The Morgan fingerprint density at radius 2 is 1.33 bits per heavy atom. The minimum absolute atomic E-state index is 0.0946. The van der Waals surface area contributed by atoms with Gasteiger partial charge in [-0.05, 0) is 91.4 Å². The molecule has 2 atom stereocenters. The number of carbonyl (C=O) groups excluding carboxylic acids is 4. The van der Waals surface area contributed by atoms with E-state index >= 15 is 0 Å². The lowest BCUT2D eigenvalue weighted by Gasteiger charge is -2.33. The number of nitrogens with one attached hydrogen (secondary N) is 3. The van der Waals surface area contributed by atoms with Crippen LogP contribution in [0.15, 0.2) is 60.7 Å². The Kier molecular flexibility index (Phi) is 19.2. The number of nitrogens with two attached hydrogens (primary N) is 1. The number of rotatable bonds is 10. The summed E-state index contributed by atoms with van der Waals surface area (Å²) < 4.78 is 10.4. The van der Waals surface area contributed by atoms with Gasteiger partial charge in [0, 0.05) is 37.0 Å². The summed E-state index contributed by atoms with van der Waals surface area (Å²) in [5.74, 6) is 0.219. The van der Waals surface area contributed by atoms with Gasteiger partial charge in [0.05, 0.1) is 13.1 Å². The van der Waals surface area contributed by atoms with Gasteiger partial charge in [0.2, 0.25) is 11.8 Å². The van der Waals surface area contributed by atoms with E-state index in [2.05, 4.69) is 61.0 Å². The van der Waals surface area contributed by atoms with Crippen LogP contribution in [0.25, 0.3) is 0 Å². The number of hydrogen-bond donors (Lipinski definition) is 4. The van der Waals surface area contributed by atoms with Crippen molar-refractivity contribution in [1.29, 1.82) is 0 Å². The predicted molar refractivity (Wildman–Crippen MR) is 205 cm³/mol. The summed E-state index contributed by atoms with van der Waals surface area (Å²) in [6, 6.07) is 20.9. The van der Waals surface area contributed by atoms with E-state index in [1.54, 1.807) is 41.5 Å². The fourth-order valence-corrected chi connectivity index (χ4v) is 5.47. The average Bonchev–Trinajstić information content (AvgIpc) is 3.04. The van der Waals surface area contributed by atoms with Gasteiger partial charge in [-0.15, -0.1) is 0 Å². The Balaban J connectivity index is 0.000000268. The van der Waals surface area contributed by atoms with Crippen molar-refractivity contribution in [2.45, 2.75) is 90.5 Å². The maximum Gasteiger partial charge on any atom is 0.419 e. The number of carbonyl (C=O) groups is 4. The predicted octanol–water partition coefficient (Wildman–Crippen LogP) is 4.64. The van der Waals surface area contributed by atoms with E-state index < -0.39 is 23.4 Å². The van der Waals surface area contributed by atoms with Crippen molar-refractivity contribution in [3.05, 3.63) is 71.8 Å². The molecule has 13 heteroatoms. The maximum atomic E-state index is 12.0. The largest absolute Gasteiger partial charge is 0.443 e. The Hall–Kier alpha value is -3.52. The van der Waals surface area contributed by atoms with E-state index in [1.165, 1.54) is 11.1 Å². The third kappa shape index (κ3) is 19.6. The molecule has 0 aliphatic carbocycles. The van der Waals surface area contributed by atoms with Gasteiger partial charge in [-0.25, -0.2) is 14.5 Å². The highest BCUT2D eigenvalue weighted by atomic mass is 79.9. The van der Waals surface area contributed by atoms with Gasteiger partial charge in [-0.1, -0.05) is 76.6 Å². The van der Waals surface area contributed by atoms with Gasteiger partial charge in [-0.2, -0.15) is 0 Å². The fourth-order valence-electron chi connectivity index (χ4n) is 5.22. The quantitative estimate of drug-likeness (QED) is 0.253. The van der Waals surface area contributed by atoms with Crippen LogP contribution in [0.3, 0.4) is 0 Å². The van der Waals surface area contributed by atoms with Crippen LogP contribution in [-0.4, -0.2) is 108 Å². The topological polar surface area (TPSA) is 155 Å². The van der Waals surface area contributed by atoms with E-state index in [1.807, 2.05) is 36.4 Å². The molecule has 5 N–H and O–H groups in total. The van der Waals surface area contributed by atoms with Gasteiger partial charge < -0.3 is 31.2 Å². The molecule has 2 saturated heterocycles. The van der Waals surface area contributed by atoms with Crippen molar-refractivity contribution in [1.82, 2.24) is 25.8 Å². The van der Waals surface area contributed by atoms with Crippen LogP contribution >= 0.6 is 15.9 Å². The Morgan fingerprint density at radius 3 is 1.80 bits per heavy atom. The summed E-state index contributed by atoms with van der Waals surface area (Å²) in [4.78, 5) is 49.9. The summed E-state index contributed by atoms with van der Waals surface area (Å²) >= 11 is 3.27. The van der Waals surface area contributed by atoms with Crippen LogP contribution < -0.4 is 21.7 Å². The number of piperazine rings is 2. The molecule has 12 nitrogen and oxygen atoms in total. The zero-order valence-electron chi connectivity index (χ0n) is 31.2. The number of imide groups is 1. The smallest absolute Gasteiger partial charge is 0.419 e. The SMILES string of the molecule is CC(C)(C)OC(=O)N(CCCBr)C(=O)OC(C)(C)C.NCCCN1CC(=O)N[C@@H](Cc2ccccc2)C1.O=C1CNC[C@H](Cc2ccccc2)N1. The Labute approximate surface area is 312 Å². The molecule has 2 aromatic rings. The molecular weight excluding hydrogens is 716 g/mol. The van der Waals surface area contributed by atoms with Crippen LogP contribution in [-0.2, 0) is 31.9 Å². The second-order valence-electron chi connectivity index (χ2n) is 14.6. The molecule has 4 amide bonds. The molecule has 2 aliphatic rings. The van der Waals surface area contributed by atoms with Crippen molar-refractivity contribution in [2.75, 3.05) is 51.1 Å². The second-order valence-corrected chi connectivity index (χ2v) is 15.4. The van der Waals surface area contributed by atoms with E-state index in [4.69, 9.17) is 15.2 Å². The van der Waals surface area contributed by atoms with Gasteiger partial charge in [-0.3, -0.25) is 14.5 Å². The van der Waals surface area contributed by atoms with Gasteiger partial charge >= 0.3 is 12.2 Å². The van der Waals surface area contributed by atoms with Crippen molar-refractivity contribution < 1.29 is 28.7 Å². The highest BCUT2D eigenvalue weighted by Crippen LogP contribution is 2.15. The molecule has 2 aliphatic heterocycles. The molecule has 0 bridgehead atoms. The number of hydrogen-bond acceptors (Lipinski definition) is 9. The molecule has 0 aromatic heterocycles. The van der Waals surface area contributed by atoms with Crippen molar-refractivity contribution in [2.24, 2.45) is 5.73 Å². The Bertz CT molecular complexity index is 1310. The summed E-state index contributed by atoms with van der Waals surface area (Å²) in [7, 11) is 0. The number of nitrogens with zero attached hydrogens (tertiary/aromatic N) is 2. The summed E-state index contributed by atoms with van der Waals surface area (Å²) in [6.45, 7) is 15.1. The third-order valence-electron chi connectivity index (χ3n) is 7.32. The van der Waals surface area contributed by atoms with Crippen molar-refractivity contribution in [3.63, 3.8) is 0 Å². The summed E-state index contributed by atoms with van der Waals surface area (Å²) in [5.41, 5.74) is 6.75. The molecule has 51 heavy (non-hydrogen) atoms. The molecule has 0 unspecified atom stereocenters. The van der Waals surface area contributed by atoms with E-state index in [-0.39, 0.29) is 30.4 Å². The number of ether oxygens (including phenoxy) is 2. The average molecular weight is 776 g/mol. The molecule has 2 heterocycles. The summed E-state index contributed by atoms with van der Waals surface area (Å²) in [6.07, 6.45) is 2.03. The number of amides is 4. The normalized spacial score (nSPS) is 17.7. The zero-order valence-corrected chi connectivity index (χ0v) is 32.8. The second kappa shape index (κ2) is 22.4. The molecule has 0 saturated carbocycles. The van der Waals surface area contributed by atoms with Crippen molar-refractivity contribution in [3.8, 4) is 0 Å². The lowest BCUT2D eigenvalue weighted by atomic mass is 10.0. The molecule has 0 spiro atoms. The first-order valence-electron chi connectivity index (χ1n) is 17.7. The summed E-state index contributed by atoms with van der Waals surface area (Å²) in [5, 5.41) is 9.81. The van der Waals surface area contributed by atoms with Crippen LogP contribution in [0.5, 0.6) is 0 Å². The molecule has 2 fully saturated rings. The first-order valence-corrected chi connectivity index (χ1v) is 18.8. The monoisotopic (exact) mass is 774 g/mol. The van der Waals surface area contributed by atoms with Crippen molar-refractivity contribution >= 4 is 39.9 Å². The first kappa shape index (κ1) is 43.6. The van der Waals surface area contributed by atoms with Gasteiger partial charge in [0.15, 0.2) is 0 Å². The number of benzene rings is 2. The fraction of sp³-hybridized carbons (Fsp3) is 0.579. The zero-order chi connectivity index (χ0) is 37.9.